The van der Waals surface area contributed by atoms with Crippen LogP contribution in [0.15, 0.2) is 70.0 Å². The Morgan fingerprint density at radius 1 is 0.641 bits per heavy atom. The second-order valence-corrected chi connectivity index (χ2v) is 17.2. The van der Waals surface area contributed by atoms with Crippen molar-refractivity contribution in [1.82, 2.24) is 29.4 Å². The zero-order valence-electron chi connectivity index (χ0n) is 36.4. The fraction of sp³-hybridized carbons (Fsp3) is 0.348. The maximum Gasteiger partial charge on any atom is 0.268 e. The van der Waals surface area contributed by atoms with Gasteiger partial charge in [0.25, 0.3) is 11.8 Å². The number of aliphatic hydroxyl groups is 4. The van der Waals surface area contributed by atoms with Gasteiger partial charge in [0.15, 0.2) is 11.2 Å². The predicted molar refractivity (Wildman–Crippen MR) is 229 cm³/mol. The van der Waals surface area contributed by atoms with E-state index in [0.29, 0.717) is 68.3 Å². The highest BCUT2D eigenvalue weighted by atomic mass is 16.5. The number of benzene rings is 2. The van der Waals surface area contributed by atoms with Crippen LogP contribution in [0.3, 0.4) is 0 Å². The number of carbonyl (C=O) groups excluding carboxylic acids is 2. The molecule has 0 saturated carbocycles. The van der Waals surface area contributed by atoms with Crippen LogP contribution >= 0.6 is 0 Å². The fourth-order valence-electron chi connectivity index (χ4n) is 6.73. The molecular weight excluding hydrogens is 825 g/mol. The molecule has 0 spiro atoms. The first-order valence-electron chi connectivity index (χ1n) is 20.1. The first kappa shape index (κ1) is 44.8. The van der Waals surface area contributed by atoms with Crippen molar-refractivity contribution in [3.8, 4) is 58.0 Å². The summed E-state index contributed by atoms with van der Waals surface area (Å²) in [7, 11) is 0. The van der Waals surface area contributed by atoms with Gasteiger partial charge in [0.1, 0.15) is 69.7 Å². The van der Waals surface area contributed by atoms with Gasteiger partial charge in [-0.15, -0.1) is 0 Å². The molecule has 0 unspecified atom stereocenters. The number of aromatic nitrogens is 6. The predicted octanol–water partition coefficient (Wildman–Crippen LogP) is 3.47. The minimum Gasteiger partial charge on any atom is -0.485 e. The molecule has 0 fully saturated rings. The summed E-state index contributed by atoms with van der Waals surface area (Å²) in [6.07, 6.45) is 1.91. The number of rotatable bonds is 6. The van der Waals surface area contributed by atoms with Gasteiger partial charge in [0.05, 0.1) is 35.4 Å². The molecule has 0 bridgehead atoms. The van der Waals surface area contributed by atoms with Gasteiger partial charge in [-0.25, -0.2) is 9.97 Å². The highest BCUT2D eigenvalue weighted by Gasteiger charge is 2.36. The Hall–Kier alpha value is -7.22. The summed E-state index contributed by atoms with van der Waals surface area (Å²) < 4.78 is 25.7. The topological polar surface area (TPSA) is 273 Å². The van der Waals surface area contributed by atoms with Gasteiger partial charge in [-0.05, 0) is 91.8 Å². The molecule has 4 atom stereocenters. The third-order valence-electron chi connectivity index (χ3n) is 10.5. The smallest absolute Gasteiger partial charge is 0.268 e. The fourth-order valence-corrected chi connectivity index (χ4v) is 6.73. The molecule has 2 aromatic carbocycles. The lowest BCUT2D eigenvalue weighted by atomic mass is 10.0. The van der Waals surface area contributed by atoms with Gasteiger partial charge in [-0.3, -0.25) is 9.59 Å². The zero-order valence-corrected chi connectivity index (χ0v) is 36.4. The van der Waals surface area contributed by atoms with E-state index in [9.17, 15) is 30.0 Å². The quantitative estimate of drug-likeness (QED) is 0.131. The Labute approximate surface area is 367 Å². The number of imidazole rings is 2. The van der Waals surface area contributed by atoms with Crippen LogP contribution in [-0.4, -0.2) is 85.1 Å². The average Bonchev–Trinajstić information content (AvgIpc) is 4.01. The number of amides is 2. The minimum atomic E-state index is -1.51. The van der Waals surface area contributed by atoms with Gasteiger partial charge in [-0.1, -0.05) is 34.0 Å². The second-order valence-electron chi connectivity index (χ2n) is 17.2. The molecule has 18 nitrogen and oxygen atoms in total. The number of nitrogens with two attached hydrogens (primary N) is 2. The van der Waals surface area contributed by atoms with Gasteiger partial charge < -0.3 is 59.5 Å². The Morgan fingerprint density at radius 2 is 1.02 bits per heavy atom. The van der Waals surface area contributed by atoms with Crippen LogP contribution in [0.2, 0.25) is 0 Å². The summed E-state index contributed by atoms with van der Waals surface area (Å²) in [5.74, 6) is 13.3. The van der Waals surface area contributed by atoms with E-state index in [1.165, 1.54) is 13.8 Å². The SMILES string of the molecule is Cc1cc([C@](C)(O)C#Cc2ccc3c(c2)-c2nc(C(N)=O)cn2C[C@@H](C(C)(C)O)O3)no1.Cc1cc([C@](C)(O)C#Cc2ccc3c(c2)-c2nc(C(N)=O)cn2C[C@H](C(C)(C)O)O3)no1. The highest BCUT2D eigenvalue weighted by Crippen LogP contribution is 2.38. The van der Waals surface area contributed by atoms with E-state index in [0.717, 1.165) is 0 Å². The molecule has 2 aliphatic rings. The lowest BCUT2D eigenvalue weighted by molar-refractivity contribution is -0.0395. The van der Waals surface area contributed by atoms with Crippen molar-refractivity contribution < 1.29 is 48.5 Å². The van der Waals surface area contributed by atoms with Crippen LogP contribution in [0, 0.1) is 37.5 Å². The molecule has 0 saturated heterocycles. The van der Waals surface area contributed by atoms with Gasteiger partial charge >= 0.3 is 0 Å². The van der Waals surface area contributed by atoms with Gasteiger partial charge in [0, 0.05) is 35.7 Å². The Kier molecular flexibility index (Phi) is 11.5. The van der Waals surface area contributed by atoms with Crippen molar-refractivity contribution in [2.24, 2.45) is 11.5 Å². The number of ether oxygens (including phenoxy) is 2. The summed E-state index contributed by atoms with van der Waals surface area (Å²) in [6, 6.07) is 13.7. The Balaban J connectivity index is 0.000000191. The van der Waals surface area contributed by atoms with Gasteiger partial charge in [-0.2, -0.15) is 0 Å². The van der Waals surface area contributed by atoms with Crippen LogP contribution in [-0.2, 0) is 24.3 Å². The highest BCUT2D eigenvalue weighted by molar-refractivity contribution is 5.92. The van der Waals surface area contributed by atoms with Gasteiger partial charge in [0.2, 0.25) is 0 Å². The molecule has 332 valence electrons. The number of primary amides is 2. The van der Waals surface area contributed by atoms with Crippen LogP contribution in [0.5, 0.6) is 11.5 Å². The summed E-state index contributed by atoms with van der Waals surface area (Å²) in [4.78, 5) is 32.2. The van der Waals surface area contributed by atoms with Crippen molar-refractivity contribution in [2.45, 2.75) is 103 Å². The molecular formula is C46H48N8O10. The van der Waals surface area contributed by atoms with Crippen molar-refractivity contribution in [3.63, 3.8) is 0 Å². The monoisotopic (exact) mass is 872 g/mol. The average molecular weight is 873 g/mol. The summed E-state index contributed by atoms with van der Waals surface area (Å²) in [5, 5.41) is 50.1. The van der Waals surface area contributed by atoms with E-state index in [2.05, 4.69) is 44.0 Å². The maximum absolute atomic E-state index is 11.7. The molecule has 18 heteroatoms. The first-order chi connectivity index (χ1) is 29.9. The Bertz CT molecular complexity index is 2700. The molecule has 2 amide bonds. The maximum atomic E-state index is 11.7. The molecule has 8 rings (SSSR count). The van der Waals surface area contributed by atoms with E-state index >= 15 is 0 Å². The minimum absolute atomic E-state index is 0.114. The molecule has 0 aliphatic carbocycles. The van der Waals surface area contributed by atoms with Crippen LogP contribution < -0.4 is 20.9 Å². The van der Waals surface area contributed by atoms with E-state index in [4.69, 9.17) is 30.0 Å². The number of carbonyl (C=O) groups is 2. The molecule has 8 N–H and O–H groups in total. The van der Waals surface area contributed by atoms with E-state index in [1.807, 2.05) is 0 Å². The Morgan fingerprint density at radius 3 is 1.33 bits per heavy atom. The van der Waals surface area contributed by atoms with Crippen molar-refractivity contribution in [3.05, 3.63) is 106 Å². The normalized spacial score (nSPS) is 17.1. The lowest BCUT2D eigenvalue weighted by Crippen LogP contribution is -2.42. The second kappa shape index (κ2) is 16.5. The number of fused-ring (bicyclic) bond motifs is 6. The third kappa shape index (κ3) is 9.55. The molecule has 0 radical (unpaired) electrons. The summed E-state index contributed by atoms with van der Waals surface area (Å²) >= 11 is 0. The summed E-state index contributed by atoms with van der Waals surface area (Å²) in [5.41, 5.74) is 8.75. The van der Waals surface area contributed by atoms with Crippen LogP contribution in [0.4, 0.5) is 0 Å². The molecule has 2 aliphatic heterocycles. The van der Waals surface area contributed by atoms with Crippen molar-refractivity contribution in [1.29, 1.82) is 0 Å². The van der Waals surface area contributed by atoms with E-state index < -0.39 is 46.4 Å². The zero-order chi connectivity index (χ0) is 46.5. The lowest BCUT2D eigenvalue weighted by Gasteiger charge is -2.29. The number of nitrogens with zero attached hydrogens (tertiary/aromatic N) is 6. The first-order valence-corrected chi connectivity index (χ1v) is 20.1. The largest absolute Gasteiger partial charge is 0.485 e. The third-order valence-corrected chi connectivity index (χ3v) is 10.5. The van der Waals surface area contributed by atoms with Crippen molar-refractivity contribution >= 4 is 11.8 Å². The molecule has 6 heterocycles. The summed E-state index contributed by atoms with van der Waals surface area (Å²) in [6.45, 7) is 13.7. The number of aryl methyl sites for hydroxylation is 2. The molecule has 64 heavy (non-hydrogen) atoms. The standard InChI is InChI=1S/2C23H24N4O5/c2*1-13-9-18(26-32-13)23(4,30)8-7-14-5-6-17-15(10-14)21-25-16(20(24)28)11-27(21)12-19(31-17)22(2,3)29/h2*5-6,9-11,19,29-30H,12H2,1-4H3,(H2,24,28)/t19-,23+;19-,23-/m01/s1. The van der Waals surface area contributed by atoms with Crippen LogP contribution in [0.1, 0.15) is 96.6 Å². The van der Waals surface area contributed by atoms with Crippen LogP contribution in [0.25, 0.3) is 22.8 Å². The molecule has 6 aromatic rings. The van der Waals surface area contributed by atoms with E-state index in [1.54, 1.807) is 112 Å². The van der Waals surface area contributed by atoms with E-state index in [-0.39, 0.29) is 24.5 Å². The van der Waals surface area contributed by atoms with Crippen molar-refractivity contribution in [2.75, 3.05) is 0 Å². The number of hydrogen-bond donors (Lipinski definition) is 6. The molecule has 4 aromatic heterocycles. The number of hydrogen-bond acceptors (Lipinski definition) is 14.